The normalized spacial score (nSPS) is 22.8. The molecule has 1 radical (unpaired) electrons. The highest BCUT2D eigenvalue weighted by Gasteiger charge is 2.18. The smallest absolute Gasteiger partial charge is 0.222 e. The zero-order valence-corrected chi connectivity index (χ0v) is 10.9. The van der Waals surface area contributed by atoms with Crippen LogP contribution in [0.5, 0.6) is 0 Å². The molecule has 3 heteroatoms. The van der Waals surface area contributed by atoms with E-state index in [0.29, 0.717) is 24.3 Å². The summed E-state index contributed by atoms with van der Waals surface area (Å²) >= 11 is 0. The molecule has 0 bridgehead atoms. The summed E-state index contributed by atoms with van der Waals surface area (Å²) in [4.78, 5) is 13.8. The van der Waals surface area contributed by atoms with Gasteiger partial charge in [-0.15, -0.1) is 0 Å². The summed E-state index contributed by atoms with van der Waals surface area (Å²) in [5.74, 6) is 0.947. The lowest BCUT2D eigenvalue weighted by molar-refractivity contribution is -0.132. The molecule has 0 aromatic carbocycles. The van der Waals surface area contributed by atoms with E-state index in [9.17, 15) is 4.79 Å². The Morgan fingerprint density at radius 3 is 2.88 bits per heavy atom. The molecule has 0 N–H and O–H groups in total. The lowest BCUT2D eigenvalue weighted by Crippen LogP contribution is -2.35. The van der Waals surface area contributed by atoms with Gasteiger partial charge in [-0.3, -0.25) is 4.79 Å². The van der Waals surface area contributed by atoms with E-state index in [2.05, 4.69) is 19.2 Å². The molecule has 1 saturated heterocycles. The molecule has 0 aromatic rings. The fourth-order valence-electron chi connectivity index (χ4n) is 2.12. The van der Waals surface area contributed by atoms with Gasteiger partial charge < -0.3 is 4.90 Å². The minimum Gasteiger partial charge on any atom is -0.343 e. The van der Waals surface area contributed by atoms with E-state index in [0.717, 1.165) is 25.9 Å². The van der Waals surface area contributed by atoms with E-state index in [4.69, 9.17) is 0 Å². The standard InChI is InChI=1S/C13H25N2O/c1-4-11(2)15(3)13(16)8-7-12-6-5-9-14-10-12/h11-12H,4-10H2,1-3H3. The molecular formula is C13H25N2O. The van der Waals surface area contributed by atoms with E-state index in [1.165, 1.54) is 12.8 Å². The van der Waals surface area contributed by atoms with Gasteiger partial charge in [-0.1, -0.05) is 6.92 Å². The van der Waals surface area contributed by atoms with Crippen LogP contribution in [0.2, 0.25) is 0 Å². The van der Waals surface area contributed by atoms with Crippen molar-refractivity contribution >= 4 is 5.91 Å². The summed E-state index contributed by atoms with van der Waals surface area (Å²) in [6.45, 7) is 6.22. The number of amides is 1. The lowest BCUT2D eigenvalue weighted by atomic mass is 9.94. The third kappa shape index (κ3) is 4.12. The largest absolute Gasteiger partial charge is 0.343 e. The number of rotatable bonds is 5. The maximum Gasteiger partial charge on any atom is 0.222 e. The van der Waals surface area contributed by atoms with Gasteiger partial charge in [0.25, 0.3) is 0 Å². The molecule has 0 spiro atoms. The summed E-state index contributed by atoms with van der Waals surface area (Å²) in [7, 11) is 1.92. The highest BCUT2D eigenvalue weighted by molar-refractivity contribution is 5.76. The van der Waals surface area contributed by atoms with E-state index in [1.54, 1.807) is 0 Å². The molecular weight excluding hydrogens is 200 g/mol. The Hall–Kier alpha value is -0.570. The van der Waals surface area contributed by atoms with E-state index < -0.39 is 0 Å². The van der Waals surface area contributed by atoms with Crippen molar-refractivity contribution in [1.29, 1.82) is 0 Å². The highest BCUT2D eigenvalue weighted by atomic mass is 16.2. The molecule has 2 unspecified atom stereocenters. The van der Waals surface area contributed by atoms with Gasteiger partial charge >= 0.3 is 0 Å². The van der Waals surface area contributed by atoms with Crippen molar-refractivity contribution in [3.05, 3.63) is 0 Å². The Labute approximate surface area is 99.6 Å². The van der Waals surface area contributed by atoms with Crippen molar-refractivity contribution in [2.24, 2.45) is 5.92 Å². The fourth-order valence-corrected chi connectivity index (χ4v) is 2.12. The summed E-state index contributed by atoms with van der Waals surface area (Å²) in [5, 5.41) is 4.41. The summed E-state index contributed by atoms with van der Waals surface area (Å²) in [6, 6.07) is 0.364. The number of carbonyl (C=O) groups is 1. The predicted molar refractivity (Wildman–Crippen MR) is 66.3 cm³/mol. The molecule has 0 aromatic heterocycles. The van der Waals surface area contributed by atoms with Crippen LogP contribution >= 0.6 is 0 Å². The maximum absolute atomic E-state index is 11.9. The zero-order chi connectivity index (χ0) is 12.0. The van der Waals surface area contributed by atoms with Crippen molar-refractivity contribution in [2.75, 3.05) is 20.1 Å². The minimum absolute atomic E-state index is 0.292. The van der Waals surface area contributed by atoms with Crippen LogP contribution in [0.25, 0.3) is 0 Å². The Morgan fingerprint density at radius 2 is 2.31 bits per heavy atom. The third-order valence-corrected chi connectivity index (χ3v) is 3.73. The molecule has 0 saturated carbocycles. The first-order valence-corrected chi connectivity index (χ1v) is 6.54. The van der Waals surface area contributed by atoms with Crippen LogP contribution < -0.4 is 5.32 Å². The number of carbonyl (C=O) groups excluding carboxylic acids is 1. The molecule has 93 valence electrons. The average molecular weight is 225 g/mol. The van der Waals surface area contributed by atoms with Crippen molar-refractivity contribution in [2.45, 2.75) is 52.0 Å². The van der Waals surface area contributed by atoms with Gasteiger partial charge in [-0.25, -0.2) is 5.32 Å². The van der Waals surface area contributed by atoms with E-state index in [-0.39, 0.29) is 0 Å². The van der Waals surface area contributed by atoms with Gasteiger partial charge in [0.15, 0.2) is 0 Å². The Morgan fingerprint density at radius 1 is 1.56 bits per heavy atom. The summed E-state index contributed by atoms with van der Waals surface area (Å²) in [6.07, 6.45) is 5.20. The van der Waals surface area contributed by atoms with E-state index in [1.807, 2.05) is 11.9 Å². The lowest BCUT2D eigenvalue weighted by Gasteiger charge is -2.26. The highest BCUT2D eigenvalue weighted by Crippen LogP contribution is 2.17. The van der Waals surface area contributed by atoms with Crippen LogP contribution in [0.3, 0.4) is 0 Å². The third-order valence-electron chi connectivity index (χ3n) is 3.73. The fraction of sp³-hybridized carbons (Fsp3) is 0.923. The summed E-state index contributed by atoms with van der Waals surface area (Å²) < 4.78 is 0. The van der Waals surface area contributed by atoms with Crippen molar-refractivity contribution < 1.29 is 4.79 Å². The number of hydrogen-bond acceptors (Lipinski definition) is 1. The van der Waals surface area contributed by atoms with Crippen LogP contribution in [0.1, 0.15) is 46.0 Å². The quantitative estimate of drug-likeness (QED) is 0.705. The first-order chi connectivity index (χ1) is 7.65. The summed E-state index contributed by atoms with van der Waals surface area (Å²) in [5.41, 5.74) is 0. The van der Waals surface area contributed by atoms with Crippen molar-refractivity contribution in [3.8, 4) is 0 Å². The van der Waals surface area contributed by atoms with Crippen molar-refractivity contribution in [3.63, 3.8) is 0 Å². The predicted octanol–water partition coefficient (Wildman–Crippen LogP) is 2.04. The van der Waals surface area contributed by atoms with Gasteiger partial charge in [0.05, 0.1) is 0 Å². The zero-order valence-electron chi connectivity index (χ0n) is 10.9. The molecule has 16 heavy (non-hydrogen) atoms. The molecule has 1 heterocycles. The van der Waals surface area contributed by atoms with Gasteiger partial charge in [-0.2, -0.15) is 0 Å². The molecule has 3 nitrogen and oxygen atoms in total. The molecule has 1 aliphatic heterocycles. The number of piperidine rings is 1. The molecule has 1 rings (SSSR count). The van der Waals surface area contributed by atoms with Crippen LogP contribution in [-0.4, -0.2) is 37.0 Å². The van der Waals surface area contributed by atoms with Crippen LogP contribution in [0.4, 0.5) is 0 Å². The van der Waals surface area contributed by atoms with Crippen LogP contribution in [-0.2, 0) is 4.79 Å². The molecule has 0 aliphatic carbocycles. The monoisotopic (exact) mass is 225 g/mol. The molecule has 1 aliphatic rings. The van der Waals surface area contributed by atoms with Crippen LogP contribution in [0, 0.1) is 5.92 Å². The maximum atomic E-state index is 11.9. The van der Waals surface area contributed by atoms with E-state index >= 15 is 0 Å². The molecule has 1 fully saturated rings. The topological polar surface area (TPSA) is 34.4 Å². The second-order valence-corrected chi connectivity index (χ2v) is 4.94. The SMILES string of the molecule is CCC(C)N(C)C(=O)CCC1CCC[N]C1. The Bertz CT molecular complexity index is 212. The molecule has 1 amide bonds. The van der Waals surface area contributed by atoms with Gasteiger partial charge in [0.1, 0.15) is 0 Å². The van der Waals surface area contributed by atoms with Crippen molar-refractivity contribution in [1.82, 2.24) is 10.2 Å². The van der Waals surface area contributed by atoms with Gasteiger partial charge in [-0.05, 0) is 38.5 Å². The number of hydrogen-bond donors (Lipinski definition) is 0. The second-order valence-electron chi connectivity index (χ2n) is 4.94. The number of nitrogens with zero attached hydrogens (tertiary/aromatic N) is 2. The second kappa shape index (κ2) is 6.89. The molecule has 2 atom stereocenters. The van der Waals surface area contributed by atoms with Gasteiger partial charge in [0, 0.05) is 32.6 Å². The van der Waals surface area contributed by atoms with Crippen LogP contribution in [0.15, 0.2) is 0 Å². The average Bonchev–Trinajstić information content (AvgIpc) is 2.35. The Balaban J connectivity index is 2.23. The Kier molecular flexibility index (Phi) is 5.81. The first-order valence-electron chi connectivity index (χ1n) is 6.54. The van der Waals surface area contributed by atoms with Gasteiger partial charge in [0.2, 0.25) is 5.91 Å². The minimum atomic E-state index is 0.292. The first kappa shape index (κ1) is 13.5.